The summed E-state index contributed by atoms with van der Waals surface area (Å²) in [5.41, 5.74) is 0. The molecule has 1 fully saturated rings. The molecule has 0 aromatic heterocycles. The van der Waals surface area contributed by atoms with Crippen molar-refractivity contribution in [3.05, 3.63) is 12.7 Å². The van der Waals surface area contributed by atoms with Crippen LogP contribution >= 0.6 is 0 Å². The van der Waals surface area contributed by atoms with Crippen molar-refractivity contribution in [1.29, 1.82) is 0 Å². The van der Waals surface area contributed by atoms with E-state index in [-0.39, 0.29) is 18.7 Å². The Hall–Kier alpha value is -1.32. The fraction of sp³-hybridized carbons (Fsp3) is 0.600. The predicted octanol–water partition coefficient (Wildman–Crippen LogP) is 1.20. The number of cyclic esters (lactones) is 1. The molecule has 4 nitrogen and oxygen atoms in total. The van der Waals surface area contributed by atoms with Crippen LogP contribution in [0, 0.1) is 0 Å². The van der Waals surface area contributed by atoms with Crippen LogP contribution in [0.25, 0.3) is 0 Å². The van der Waals surface area contributed by atoms with Crippen molar-refractivity contribution in [3.63, 3.8) is 0 Å². The Balaban J connectivity index is 2.14. The highest BCUT2D eigenvalue weighted by Gasteiger charge is 2.20. The minimum atomic E-state index is -0.438. The molecule has 1 atom stereocenters. The van der Waals surface area contributed by atoms with Crippen LogP contribution in [0.1, 0.15) is 25.7 Å². The predicted molar refractivity (Wildman–Crippen MR) is 49.5 cm³/mol. The maximum absolute atomic E-state index is 10.9. The van der Waals surface area contributed by atoms with Crippen LogP contribution in [0.4, 0.5) is 0 Å². The van der Waals surface area contributed by atoms with Crippen molar-refractivity contribution in [2.75, 3.05) is 6.61 Å². The summed E-state index contributed by atoms with van der Waals surface area (Å²) in [6, 6.07) is 0. The highest BCUT2D eigenvalue weighted by Crippen LogP contribution is 2.16. The zero-order valence-corrected chi connectivity index (χ0v) is 8.03. The minimum absolute atomic E-state index is 0.0890. The van der Waals surface area contributed by atoms with Crippen LogP contribution in [-0.2, 0) is 19.1 Å². The van der Waals surface area contributed by atoms with Crippen LogP contribution < -0.4 is 0 Å². The summed E-state index contributed by atoms with van der Waals surface area (Å²) < 4.78 is 9.83. The van der Waals surface area contributed by atoms with Gasteiger partial charge in [0.15, 0.2) is 0 Å². The molecule has 0 aromatic carbocycles. The lowest BCUT2D eigenvalue weighted by atomic mass is 10.1. The second-order valence-electron chi connectivity index (χ2n) is 3.16. The zero-order chi connectivity index (χ0) is 10.4. The molecule has 0 spiro atoms. The second-order valence-corrected chi connectivity index (χ2v) is 3.16. The third-order valence-electron chi connectivity index (χ3n) is 2.06. The first-order valence-corrected chi connectivity index (χ1v) is 4.71. The molecule has 1 saturated heterocycles. The maximum atomic E-state index is 10.9. The van der Waals surface area contributed by atoms with Crippen LogP contribution in [0.3, 0.4) is 0 Å². The third kappa shape index (κ3) is 3.60. The van der Waals surface area contributed by atoms with E-state index in [0.717, 1.165) is 18.9 Å². The summed E-state index contributed by atoms with van der Waals surface area (Å²) in [7, 11) is 0. The minimum Gasteiger partial charge on any atom is -0.462 e. The third-order valence-corrected chi connectivity index (χ3v) is 2.06. The Labute approximate surface area is 82.9 Å². The molecule has 0 radical (unpaired) electrons. The van der Waals surface area contributed by atoms with Crippen molar-refractivity contribution < 1.29 is 19.1 Å². The summed E-state index contributed by atoms with van der Waals surface area (Å²) in [5, 5.41) is 0. The quantitative estimate of drug-likeness (QED) is 0.503. The molecule has 1 aliphatic rings. The monoisotopic (exact) mass is 198 g/mol. The van der Waals surface area contributed by atoms with E-state index >= 15 is 0 Å². The number of ether oxygens (including phenoxy) is 2. The highest BCUT2D eigenvalue weighted by atomic mass is 16.6. The fourth-order valence-electron chi connectivity index (χ4n) is 1.33. The average molecular weight is 198 g/mol. The lowest BCUT2D eigenvalue weighted by molar-refractivity contribution is -0.155. The van der Waals surface area contributed by atoms with Gasteiger partial charge in [-0.25, -0.2) is 4.79 Å². The average Bonchev–Trinajstić information content (AvgIpc) is 2.17. The first-order valence-electron chi connectivity index (χ1n) is 4.71. The fourth-order valence-corrected chi connectivity index (χ4v) is 1.33. The van der Waals surface area contributed by atoms with Gasteiger partial charge in [0.25, 0.3) is 0 Å². The molecule has 1 unspecified atom stereocenters. The Morgan fingerprint density at radius 2 is 2.50 bits per heavy atom. The van der Waals surface area contributed by atoms with Gasteiger partial charge in [-0.05, 0) is 12.8 Å². The van der Waals surface area contributed by atoms with E-state index in [1.807, 2.05) is 0 Å². The van der Waals surface area contributed by atoms with E-state index in [0.29, 0.717) is 12.8 Å². The summed E-state index contributed by atoms with van der Waals surface area (Å²) in [5.74, 6) is -0.594. The first kappa shape index (κ1) is 10.8. The lowest BCUT2D eigenvalue weighted by Crippen LogP contribution is -2.25. The van der Waals surface area contributed by atoms with Gasteiger partial charge in [0.05, 0.1) is 6.61 Å². The SMILES string of the molecule is C=CC(=O)OCCC1CCCC(=O)O1. The van der Waals surface area contributed by atoms with Gasteiger partial charge in [-0.1, -0.05) is 6.58 Å². The van der Waals surface area contributed by atoms with Crippen LogP contribution in [0.2, 0.25) is 0 Å². The van der Waals surface area contributed by atoms with E-state index in [9.17, 15) is 9.59 Å². The van der Waals surface area contributed by atoms with Crippen molar-refractivity contribution in [2.24, 2.45) is 0 Å². The van der Waals surface area contributed by atoms with Crippen LogP contribution in [0.5, 0.6) is 0 Å². The molecule has 0 bridgehead atoms. The molecule has 0 aliphatic carbocycles. The summed E-state index contributed by atoms with van der Waals surface area (Å²) in [4.78, 5) is 21.6. The molecular weight excluding hydrogens is 184 g/mol. The number of carbonyl (C=O) groups excluding carboxylic acids is 2. The lowest BCUT2D eigenvalue weighted by Gasteiger charge is -2.21. The Morgan fingerprint density at radius 3 is 3.14 bits per heavy atom. The van der Waals surface area contributed by atoms with Crippen molar-refractivity contribution in [1.82, 2.24) is 0 Å². The summed E-state index contributed by atoms with van der Waals surface area (Å²) in [6.07, 6.45) is 3.83. The van der Waals surface area contributed by atoms with Crippen LogP contribution in [0.15, 0.2) is 12.7 Å². The molecule has 0 N–H and O–H groups in total. The number of carbonyl (C=O) groups is 2. The van der Waals surface area contributed by atoms with E-state index in [2.05, 4.69) is 6.58 Å². The van der Waals surface area contributed by atoms with E-state index < -0.39 is 5.97 Å². The first-order chi connectivity index (χ1) is 6.72. The molecule has 4 heteroatoms. The van der Waals surface area contributed by atoms with E-state index in [1.165, 1.54) is 0 Å². The van der Waals surface area contributed by atoms with Gasteiger partial charge in [-0.3, -0.25) is 4.79 Å². The normalized spacial score (nSPS) is 21.1. The zero-order valence-electron chi connectivity index (χ0n) is 8.03. The molecule has 0 aromatic rings. The number of hydrogen-bond acceptors (Lipinski definition) is 4. The van der Waals surface area contributed by atoms with Crippen LogP contribution in [-0.4, -0.2) is 24.6 Å². The number of esters is 2. The highest BCUT2D eigenvalue weighted by molar-refractivity contribution is 5.81. The van der Waals surface area contributed by atoms with Crippen molar-refractivity contribution in [3.8, 4) is 0 Å². The molecule has 0 amide bonds. The van der Waals surface area contributed by atoms with Gasteiger partial charge in [0.1, 0.15) is 6.10 Å². The maximum Gasteiger partial charge on any atom is 0.330 e. The summed E-state index contributed by atoms with van der Waals surface area (Å²) >= 11 is 0. The van der Waals surface area contributed by atoms with Gasteiger partial charge in [-0.15, -0.1) is 0 Å². The van der Waals surface area contributed by atoms with Crippen molar-refractivity contribution >= 4 is 11.9 Å². The summed E-state index contributed by atoms with van der Waals surface area (Å²) in [6.45, 7) is 3.56. The Bertz CT molecular complexity index is 234. The molecule has 1 heterocycles. The molecule has 1 rings (SSSR count). The van der Waals surface area contributed by atoms with Gasteiger partial charge >= 0.3 is 11.9 Å². The second kappa shape index (κ2) is 5.42. The Kier molecular flexibility index (Phi) is 4.16. The smallest absolute Gasteiger partial charge is 0.330 e. The van der Waals surface area contributed by atoms with E-state index in [4.69, 9.17) is 9.47 Å². The topological polar surface area (TPSA) is 52.6 Å². The van der Waals surface area contributed by atoms with Gasteiger partial charge < -0.3 is 9.47 Å². The molecular formula is C10H14O4. The largest absolute Gasteiger partial charge is 0.462 e. The molecule has 0 saturated carbocycles. The van der Waals surface area contributed by atoms with Gasteiger partial charge in [0.2, 0.25) is 0 Å². The molecule has 14 heavy (non-hydrogen) atoms. The Morgan fingerprint density at radius 1 is 1.71 bits per heavy atom. The number of hydrogen-bond donors (Lipinski definition) is 0. The van der Waals surface area contributed by atoms with Crippen molar-refractivity contribution in [2.45, 2.75) is 31.8 Å². The molecule has 1 aliphatic heterocycles. The number of rotatable bonds is 4. The van der Waals surface area contributed by atoms with Gasteiger partial charge in [0, 0.05) is 18.9 Å². The molecule has 78 valence electrons. The van der Waals surface area contributed by atoms with Gasteiger partial charge in [-0.2, -0.15) is 0 Å². The van der Waals surface area contributed by atoms with E-state index in [1.54, 1.807) is 0 Å². The standard InChI is InChI=1S/C10H14O4/c1-2-9(11)13-7-6-8-4-3-5-10(12)14-8/h2,8H,1,3-7H2.